The Morgan fingerprint density at radius 3 is 2.88 bits per heavy atom. The molecule has 0 saturated heterocycles. The van der Waals surface area contributed by atoms with Crippen LogP contribution < -0.4 is 5.32 Å². The molecule has 1 amide bonds. The van der Waals surface area contributed by atoms with Gasteiger partial charge in [-0.05, 0) is 30.0 Å². The van der Waals surface area contributed by atoms with Crippen molar-refractivity contribution in [1.29, 1.82) is 5.26 Å². The lowest BCUT2D eigenvalue weighted by molar-refractivity contribution is -0.121. The van der Waals surface area contributed by atoms with Crippen molar-refractivity contribution in [2.24, 2.45) is 5.92 Å². The Hall–Kier alpha value is -1.82. The van der Waals surface area contributed by atoms with Crippen LogP contribution in [0.1, 0.15) is 37.8 Å². The predicted octanol–water partition coefficient (Wildman–Crippen LogP) is 2.61. The molecule has 0 bridgehead atoms. The largest absolute Gasteiger partial charge is 0.352 e. The number of nitrogens with one attached hydrogen (secondary N) is 1. The van der Waals surface area contributed by atoms with Crippen LogP contribution in [0.2, 0.25) is 0 Å². The van der Waals surface area contributed by atoms with Crippen molar-refractivity contribution in [3.63, 3.8) is 0 Å². The van der Waals surface area contributed by atoms with E-state index in [9.17, 15) is 4.79 Å². The molecule has 1 aromatic rings. The molecular weight excluding hydrogens is 212 g/mol. The standard InChI is InChI=1S/C14H18N2O/c1-11(2)6-7-14(17)16-10-13-5-3-4-12(8-13)9-15/h3-5,8,11H,6-7,10H2,1-2H3,(H,16,17). The number of hydrogen-bond donors (Lipinski definition) is 1. The van der Waals surface area contributed by atoms with Crippen molar-refractivity contribution < 1.29 is 4.79 Å². The van der Waals surface area contributed by atoms with E-state index in [0.29, 0.717) is 24.4 Å². The fourth-order valence-corrected chi connectivity index (χ4v) is 1.46. The quantitative estimate of drug-likeness (QED) is 0.845. The van der Waals surface area contributed by atoms with Crippen LogP contribution in [0.5, 0.6) is 0 Å². The number of nitriles is 1. The zero-order chi connectivity index (χ0) is 12.7. The van der Waals surface area contributed by atoms with Crippen LogP contribution in [0.4, 0.5) is 0 Å². The lowest BCUT2D eigenvalue weighted by Crippen LogP contribution is -2.22. The number of rotatable bonds is 5. The van der Waals surface area contributed by atoms with Crippen LogP contribution in [0.15, 0.2) is 24.3 Å². The highest BCUT2D eigenvalue weighted by atomic mass is 16.1. The zero-order valence-corrected chi connectivity index (χ0v) is 10.4. The molecule has 0 atom stereocenters. The molecule has 3 nitrogen and oxygen atoms in total. The van der Waals surface area contributed by atoms with Crippen molar-refractivity contribution in [1.82, 2.24) is 5.32 Å². The van der Waals surface area contributed by atoms with Gasteiger partial charge in [-0.25, -0.2) is 0 Å². The summed E-state index contributed by atoms with van der Waals surface area (Å²) in [5.41, 5.74) is 1.58. The van der Waals surface area contributed by atoms with Gasteiger partial charge in [-0.15, -0.1) is 0 Å². The van der Waals surface area contributed by atoms with E-state index in [1.54, 1.807) is 12.1 Å². The van der Waals surface area contributed by atoms with Crippen LogP contribution in [-0.2, 0) is 11.3 Å². The first kappa shape index (κ1) is 13.2. The Morgan fingerprint density at radius 1 is 1.47 bits per heavy atom. The highest BCUT2D eigenvalue weighted by Gasteiger charge is 2.03. The van der Waals surface area contributed by atoms with E-state index in [1.165, 1.54) is 0 Å². The van der Waals surface area contributed by atoms with Gasteiger partial charge in [0.2, 0.25) is 5.91 Å². The second-order valence-corrected chi connectivity index (χ2v) is 4.52. The van der Waals surface area contributed by atoms with Gasteiger partial charge < -0.3 is 5.32 Å². The van der Waals surface area contributed by atoms with Crippen LogP contribution in [0, 0.1) is 17.2 Å². The maximum absolute atomic E-state index is 11.5. The van der Waals surface area contributed by atoms with E-state index < -0.39 is 0 Å². The summed E-state index contributed by atoms with van der Waals surface area (Å²) in [6.45, 7) is 4.69. The van der Waals surface area contributed by atoms with E-state index in [4.69, 9.17) is 5.26 Å². The van der Waals surface area contributed by atoms with Gasteiger partial charge in [0, 0.05) is 13.0 Å². The lowest BCUT2D eigenvalue weighted by atomic mass is 10.1. The van der Waals surface area contributed by atoms with Gasteiger partial charge in [-0.1, -0.05) is 26.0 Å². The number of carbonyl (C=O) groups excluding carboxylic acids is 1. The highest BCUT2D eigenvalue weighted by Crippen LogP contribution is 2.05. The molecule has 0 aromatic heterocycles. The van der Waals surface area contributed by atoms with Crippen molar-refractivity contribution in [3.8, 4) is 6.07 Å². The van der Waals surface area contributed by atoms with Gasteiger partial charge in [-0.2, -0.15) is 5.26 Å². The van der Waals surface area contributed by atoms with Crippen molar-refractivity contribution in [2.45, 2.75) is 33.2 Å². The van der Waals surface area contributed by atoms with Crippen LogP contribution in [-0.4, -0.2) is 5.91 Å². The normalized spacial score (nSPS) is 10.0. The third-order valence-corrected chi connectivity index (χ3v) is 2.49. The number of benzene rings is 1. The number of carbonyl (C=O) groups is 1. The molecule has 0 aliphatic rings. The Morgan fingerprint density at radius 2 is 2.24 bits per heavy atom. The summed E-state index contributed by atoms with van der Waals surface area (Å²) >= 11 is 0. The minimum Gasteiger partial charge on any atom is -0.352 e. The van der Waals surface area contributed by atoms with Crippen LogP contribution in [0.3, 0.4) is 0 Å². The van der Waals surface area contributed by atoms with E-state index in [0.717, 1.165) is 12.0 Å². The van der Waals surface area contributed by atoms with Crippen molar-refractivity contribution >= 4 is 5.91 Å². The van der Waals surface area contributed by atoms with Crippen LogP contribution in [0.25, 0.3) is 0 Å². The zero-order valence-electron chi connectivity index (χ0n) is 10.4. The average molecular weight is 230 g/mol. The first-order valence-corrected chi connectivity index (χ1v) is 5.87. The molecule has 3 heteroatoms. The van der Waals surface area contributed by atoms with Crippen LogP contribution >= 0.6 is 0 Å². The summed E-state index contributed by atoms with van der Waals surface area (Å²) in [4.78, 5) is 11.5. The summed E-state index contributed by atoms with van der Waals surface area (Å²) < 4.78 is 0. The third-order valence-electron chi connectivity index (χ3n) is 2.49. The molecule has 0 aliphatic carbocycles. The topological polar surface area (TPSA) is 52.9 Å². The van der Waals surface area contributed by atoms with Crippen molar-refractivity contribution in [3.05, 3.63) is 35.4 Å². The molecule has 17 heavy (non-hydrogen) atoms. The number of hydrogen-bond acceptors (Lipinski definition) is 2. The van der Waals surface area contributed by atoms with E-state index in [1.807, 2.05) is 12.1 Å². The summed E-state index contributed by atoms with van der Waals surface area (Å²) in [5.74, 6) is 0.615. The predicted molar refractivity (Wildman–Crippen MR) is 67.1 cm³/mol. The molecule has 0 radical (unpaired) electrons. The van der Waals surface area contributed by atoms with Crippen molar-refractivity contribution in [2.75, 3.05) is 0 Å². The molecule has 0 heterocycles. The lowest BCUT2D eigenvalue weighted by Gasteiger charge is -2.07. The van der Waals surface area contributed by atoms with Gasteiger partial charge in [0.1, 0.15) is 0 Å². The molecule has 90 valence electrons. The van der Waals surface area contributed by atoms with Gasteiger partial charge in [0.15, 0.2) is 0 Å². The first-order valence-electron chi connectivity index (χ1n) is 5.87. The molecule has 1 aromatic carbocycles. The third kappa shape index (κ3) is 5.17. The number of nitrogens with zero attached hydrogens (tertiary/aromatic N) is 1. The number of amides is 1. The SMILES string of the molecule is CC(C)CCC(=O)NCc1cccc(C#N)c1. The smallest absolute Gasteiger partial charge is 0.220 e. The fourth-order valence-electron chi connectivity index (χ4n) is 1.46. The minimum absolute atomic E-state index is 0.0704. The summed E-state index contributed by atoms with van der Waals surface area (Å²) in [6, 6.07) is 9.36. The Bertz CT molecular complexity index is 418. The first-order chi connectivity index (χ1) is 8.11. The monoisotopic (exact) mass is 230 g/mol. The van der Waals surface area contributed by atoms with E-state index >= 15 is 0 Å². The molecule has 0 fully saturated rings. The molecule has 0 unspecified atom stereocenters. The Balaban J connectivity index is 2.40. The van der Waals surface area contributed by atoms with E-state index in [-0.39, 0.29) is 5.91 Å². The fraction of sp³-hybridized carbons (Fsp3) is 0.429. The molecule has 0 aliphatic heterocycles. The molecule has 0 spiro atoms. The van der Waals surface area contributed by atoms with E-state index in [2.05, 4.69) is 25.2 Å². The van der Waals surface area contributed by atoms with Gasteiger partial charge in [0.05, 0.1) is 11.6 Å². The Labute approximate surface area is 102 Å². The van der Waals surface area contributed by atoms with Gasteiger partial charge in [0.25, 0.3) is 0 Å². The summed E-state index contributed by atoms with van der Waals surface area (Å²) in [6.07, 6.45) is 1.47. The summed E-state index contributed by atoms with van der Waals surface area (Å²) in [7, 11) is 0. The minimum atomic E-state index is 0.0704. The maximum atomic E-state index is 11.5. The Kier molecular flexibility index (Phi) is 5.22. The molecule has 0 saturated carbocycles. The molecular formula is C14H18N2O. The highest BCUT2D eigenvalue weighted by molar-refractivity contribution is 5.75. The second-order valence-electron chi connectivity index (χ2n) is 4.52. The molecule has 1 rings (SSSR count). The second kappa shape index (κ2) is 6.70. The maximum Gasteiger partial charge on any atom is 0.220 e. The van der Waals surface area contributed by atoms with Gasteiger partial charge >= 0.3 is 0 Å². The van der Waals surface area contributed by atoms with Gasteiger partial charge in [-0.3, -0.25) is 4.79 Å². The summed E-state index contributed by atoms with van der Waals surface area (Å²) in [5, 5.41) is 11.6. The molecule has 1 N–H and O–H groups in total. The average Bonchev–Trinajstić information content (AvgIpc) is 2.34.